The van der Waals surface area contributed by atoms with Crippen LogP contribution in [0, 0.1) is 6.92 Å². The van der Waals surface area contributed by atoms with Crippen molar-refractivity contribution in [2.24, 2.45) is 0 Å². The number of aryl methyl sites for hydroxylation is 1. The van der Waals surface area contributed by atoms with E-state index in [0.717, 1.165) is 5.69 Å². The number of aromatic nitrogens is 1. The third kappa shape index (κ3) is 4.58. The Kier molecular flexibility index (Phi) is 5.10. The Morgan fingerprint density at radius 2 is 1.84 bits per heavy atom. The number of nitrogens with zero attached hydrogens (tertiary/aromatic N) is 1. The molecule has 0 aliphatic rings. The van der Waals surface area contributed by atoms with Gasteiger partial charge in [-0.05, 0) is 25.5 Å². The van der Waals surface area contributed by atoms with Gasteiger partial charge >= 0.3 is 0 Å². The highest BCUT2D eigenvalue weighted by atomic mass is 32.3. The standard InChI is InChI=1S/C14H26N2O2S/c1-11-12(15)7-8-13(16-11)17-9-10-18-19(5,6)14(2,3)4/h7-8H,9-10,15H2,1-6H3. The fourth-order valence-electron chi connectivity index (χ4n) is 1.19. The first-order valence-electron chi connectivity index (χ1n) is 6.37. The molecule has 0 radical (unpaired) electrons. The van der Waals surface area contributed by atoms with Crippen LogP contribution in [-0.2, 0) is 4.18 Å². The second-order valence-electron chi connectivity index (χ2n) is 5.84. The number of hydrogen-bond donors (Lipinski definition) is 1. The van der Waals surface area contributed by atoms with Crippen LogP contribution in [0.25, 0.3) is 0 Å². The molecule has 0 saturated heterocycles. The highest BCUT2D eigenvalue weighted by molar-refractivity contribution is 8.29. The molecule has 5 heteroatoms. The monoisotopic (exact) mass is 286 g/mol. The zero-order chi connectivity index (χ0) is 14.7. The number of nitrogen functional groups attached to an aromatic ring is 1. The van der Waals surface area contributed by atoms with Crippen molar-refractivity contribution in [1.29, 1.82) is 0 Å². The molecule has 0 aliphatic carbocycles. The molecule has 110 valence electrons. The molecule has 0 aliphatic heterocycles. The Balaban J connectivity index is 2.41. The molecule has 2 N–H and O–H groups in total. The summed E-state index contributed by atoms with van der Waals surface area (Å²) >= 11 is 0. The molecule has 0 amide bonds. The van der Waals surface area contributed by atoms with Crippen LogP contribution in [0.2, 0.25) is 0 Å². The lowest BCUT2D eigenvalue weighted by Crippen LogP contribution is -2.26. The van der Waals surface area contributed by atoms with E-state index in [1.54, 1.807) is 6.07 Å². The van der Waals surface area contributed by atoms with Gasteiger partial charge in [-0.3, -0.25) is 0 Å². The summed E-state index contributed by atoms with van der Waals surface area (Å²) in [6.07, 6.45) is 4.36. The van der Waals surface area contributed by atoms with Crippen LogP contribution < -0.4 is 10.5 Å². The van der Waals surface area contributed by atoms with Crippen LogP contribution in [0.3, 0.4) is 0 Å². The lowest BCUT2D eigenvalue weighted by atomic mass is 10.3. The quantitative estimate of drug-likeness (QED) is 0.845. The second kappa shape index (κ2) is 6.01. The van der Waals surface area contributed by atoms with E-state index in [1.807, 2.05) is 13.0 Å². The average Bonchev–Trinajstić information content (AvgIpc) is 2.27. The van der Waals surface area contributed by atoms with Crippen molar-refractivity contribution < 1.29 is 8.92 Å². The summed E-state index contributed by atoms with van der Waals surface area (Å²) in [5.74, 6) is 0.596. The summed E-state index contributed by atoms with van der Waals surface area (Å²) in [5.41, 5.74) is 7.18. The Hall–Kier alpha value is -0.940. The molecule has 0 fully saturated rings. The Morgan fingerprint density at radius 3 is 2.37 bits per heavy atom. The zero-order valence-electron chi connectivity index (χ0n) is 12.8. The van der Waals surface area contributed by atoms with Crippen molar-refractivity contribution in [2.75, 3.05) is 31.5 Å². The Labute approximate surface area is 118 Å². The third-order valence-electron chi connectivity index (χ3n) is 3.29. The fourth-order valence-corrected chi connectivity index (χ4v) is 2.03. The molecular weight excluding hydrogens is 260 g/mol. The van der Waals surface area contributed by atoms with Gasteiger partial charge in [-0.2, -0.15) is 0 Å². The number of rotatable bonds is 5. The van der Waals surface area contributed by atoms with Crippen LogP contribution >= 0.6 is 10.3 Å². The van der Waals surface area contributed by atoms with E-state index in [0.29, 0.717) is 24.8 Å². The molecule has 0 spiro atoms. The lowest BCUT2D eigenvalue weighted by Gasteiger charge is -2.43. The molecular formula is C14H26N2O2S. The zero-order valence-corrected chi connectivity index (χ0v) is 13.6. The molecule has 1 aromatic rings. The van der Waals surface area contributed by atoms with Gasteiger partial charge in [0.25, 0.3) is 0 Å². The molecule has 1 heterocycles. The van der Waals surface area contributed by atoms with Crippen LogP contribution in [0.1, 0.15) is 26.5 Å². The summed E-state index contributed by atoms with van der Waals surface area (Å²) in [6, 6.07) is 3.59. The molecule has 0 atom stereocenters. The largest absolute Gasteiger partial charge is 0.475 e. The maximum absolute atomic E-state index is 5.98. The van der Waals surface area contributed by atoms with Gasteiger partial charge in [0.1, 0.15) is 6.61 Å². The molecule has 4 nitrogen and oxygen atoms in total. The van der Waals surface area contributed by atoms with Crippen molar-refractivity contribution in [2.45, 2.75) is 32.4 Å². The molecule has 0 aromatic carbocycles. The summed E-state index contributed by atoms with van der Waals surface area (Å²) in [7, 11) is -1.09. The number of ether oxygens (including phenoxy) is 1. The van der Waals surface area contributed by atoms with Crippen molar-refractivity contribution in [3.8, 4) is 5.88 Å². The first kappa shape index (κ1) is 16.1. The van der Waals surface area contributed by atoms with E-state index < -0.39 is 10.3 Å². The third-order valence-corrected chi connectivity index (χ3v) is 6.99. The van der Waals surface area contributed by atoms with E-state index in [-0.39, 0.29) is 4.75 Å². The maximum Gasteiger partial charge on any atom is 0.213 e. The minimum atomic E-state index is -1.09. The van der Waals surface area contributed by atoms with Gasteiger partial charge in [-0.15, -0.1) is 10.3 Å². The predicted octanol–water partition coefficient (Wildman–Crippen LogP) is 3.15. The lowest BCUT2D eigenvalue weighted by molar-refractivity contribution is 0.224. The first-order valence-corrected chi connectivity index (χ1v) is 8.74. The normalized spacial score (nSPS) is 13.4. The van der Waals surface area contributed by atoms with E-state index in [4.69, 9.17) is 14.7 Å². The summed E-state index contributed by atoms with van der Waals surface area (Å²) in [6.45, 7) is 9.55. The van der Waals surface area contributed by atoms with Crippen molar-refractivity contribution in [1.82, 2.24) is 4.98 Å². The van der Waals surface area contributed by atoms with Gasteiger partial charge in [0.05, 0.1) is 18.0 Å². The second-order valence-corrected chi connectivity index (χ2v) is 9.77. The molecule has 1 aromatic heterocycles. The first-order chi connectivity index (χ1) is 8.63. The van der Waals surface area contributed by atoms with Gasteiger partial charge in [0, 0.05) is 10.8 Å². The predicted molar refractivity (Wildman–Crippen MR) is 84.0 cm³/mol. The Bertz CT molecular complexity index is 428. The minimum Gasteiger partial charge on any atom is -0.475 e. The number of anilines is 1. The van der Waals surface area contributed by atoms with Crippen LogP contribution in [-0.4, -0.2) is 35.5 Å². The van der Waals surface area contributed by atoms with Crippen LogP contribution in [0.5, 0.6) is 5.88 Å². The molecule has 1 rings (SSSR count). The molecule has 0 unspecified atom stereocenters. The Morgan fingerprint density at radius 1 is 1.21 bits per heavy atom. The van der Waals surface area contributed by atoms with Crippen LogP contribution in [0.15, 0.2) is 12.1 Å². The van der Waals surface area contributed by atoms with E-state index >= 15 is 0 Å². The van der Waals surface area contributed by atoms with Crippen molar-refractivity contribution >= 4 is 16.0 Å². The van der Waals surface area contributed by atoms with E-state index in [1.165, 1.54) is 0 Å². The molecule has 0 saturated carbocycles. The summed E-state index contributed by atoms with van der Waals surface area (Å²) in [4.78, 5) is 4.26. The van der Waals surface area contributed by atoms with Crippen molar-refractivity contribution in [3.63, 3.8) is 0 Å². The van der Waals surface area contributed by atoms with E-state index in [9.17, 15) is 0 Å². The maximum atomic E-state index is 5.98. The smallest absolute Gasteiger partial charge is 0.213 e. The van der Waals surface area contributed by atoms with Gasteiger partial charge in [-0.25, -0.2) is 4.98 Å². The minimum absolute atomic E-state index is 0.170. The summed E-state index contributed by atoms with van der Waals surface area (Å²) < 4.78 is 11.7. The van der Waals surface area contributed by atoms with Gasteiger partial charge in [0.2, 0.25) is 5.88 Å². The average molecular weight is 286 g/mol. The van der Waals surface area contributed by atoms with Gasteiger partial charge in [-0.1, -0.05) is 20.8 Å². The van der Waals surface area contributed by atoms with Crippen molar-refractivity contribution in [3.05, 3.63) is 17.8 Å². The highest BCUT2D eigenvalue weighted by Crippen LogP contribution is 2.53. The topological polar surface area (TPSA) is 57.4 Å². The fraction of sp³-hybridized carbons (Fsp3) is 0.643. The van der Waals surface area contributed by atoms with E-state index in [2.05, 4.69) is 38.3 Å². The SMILES string of the molecule is Cc1nc(OCCOS(C)(C)C(C)(C)C)ccc1N. The molecule has 0 bridgehead atoms. The van der Waals surface area contributed by atoms with Crippen LogP contribution in [0.4, 0.5) is 5.69 Å². The summed E-state index contributed by atoms with van der Waals surface area (Å²) in [5, 5.41) is 0. The number of nitrogens with two attached hydrogens (primary N) is 1. The highest BCUT2D eigenvalue weighted by Gasteiger charge is 2.28. The van der Waals surface area contributed by atoms with Gasteiger partial charge < -0.3 is 14.7 Å². The number of hydrogen-bond acceptors (Lipinski definition) is 4. The van der Waals surface area contributed by atoms with Gasteiger partial charge in [0.15, 0.2) is 0 Å². The molecule has 19 heavy (non-hydrogen) atoms. The number of pyridine rings is 1.